The molecule has 3 rings (SSSR count). The van der Waals surface area contributed by atoms with E-state index >= 15 is 0 Å². The summed E-state index contributed by atoms with van der Waals surface area (Å²) in [5.41, 5.74) is 3.14. The standard InChI is InChI=1S/C21H24N4O/c1-24(2)15-9-14-22-21(26)19-16-25(18-12-7-4-8-13-18)23-20(19)17-10-5-3-6-11-17/h3-8,10-13,16H,9,14-15H2,1-2H3,(H,22,26). The van der Waals surface area contributed by atoms with Gasteiger partial charge < -0.3 is 10.2 Å². The van der Waals surface area contributed by atoms with Crippen LogP contribution >= 0.6 is 0 Å². The van der Waals surface area contributed by atoms with Crippen molar-refractivity contribution >= 4 is 5.91 Å². The lowest BCUT2D eigenvalue weighted by Gasteiger charge is -2.09. The van der Waals surface area contributed by atoms with Crippen molar-refractivity contribution in [2.24, 2.45) is 0 Å². The number of nitrogens with zero attached hydrogens (tertiary/aromatic N) is 3. The number of carbonyl (C=O) groups is 1. The second-order valence-electron chi connectivity index (χ2n) is 6.45. The molecule has 0 bridgehead atoms. The minimum absolute atomic E-state index is 0.0928. The van der Waals surface area contributed by atoms with Crippen LogP contribution in [-0.4, -0.2) is 47.8 Å². The molecule has 3 aromatic rings. The Morgan fingerprint density at radius 1 is 1.04 bits per heavy atom. The van der Waals surface area contributed by atoms with Crippen LogP contribution in [0.5, 0.6) is 0 Å². The summed E-state index contributed by atoms with van der Waals surface area (Å²) >= 11 is 0. The number of nitrogens with one attached hydrogen (secondary N) is 1. The topological polar surface area (TPSA) is 50.2 Å². The van der Waals surface area contributed by atoms with Gasteiger partial charge in [0.05, 0.1) is 11.3 Å². The van der Waals surface area contributed by atoms with Crippen LogP contribution in [0.1, 0.15) is 16.8 Å². The number of hydrogen-bond donors (Lipinski definition) is 1. The van der Waals surface area contributed by atoms with E-state index in [0.29, 0.717) is 17.8 Å². The quantitative estimate of drug-likeness (QED) is 0.667. The molecule has 0 radical (unpaired) electrons. The molecule has 5 nitrogen and oxygen atoms in total. The summed E-state index contributed by atoms with van der Waals surface area (Å²) in [6.07, 6.45) is 2.71. The molecule has 0 spiro atoms. The summed E-state index contributed by atoms with van der Waals surface area (Å²) in [4.78, 5) is 14.9. The summed E-state index contributed by atoms with van der Waals surface area (Å²) in [7, 11) is 4.05. The first-order valence-corrected chi connectivity index (χ1v) is 8.78. The van der Waals surface area contributed by atoms with E-state index in [1.807, 2.05) is 74.8 Å². The Morgan fingerprint density at radius 2 is 1.69 bits per heavy atom. The molecule has 0 aliphatic carbocycles. The number of carbonyl (C=O) groups excluding carboxylic acids is 1. The highest BCUT2D eigenvalue weighted by Gasteiger charge is 2.18. The lowest BCUT2D eigenvalue weighted by molar-refractivity contribution is 0.0953. The molecule has 2 aromatic carbocycles. The normalized spacial score (nSPS) is 10.9. The molecular formula is C21H24N4O. The summed E-state index contributed by atoms with van der Waals surface area (Å²) in [6, 6.07) is 19.6. The third-order valence-electron chi connectivity index (χ3n) is 4.09. The molecule has 1 aromatic heterocycles. The molecule has 5 heteroatoms. The van der Waals surface area contributed by atoms with E-state index in [0.717, 1.165) is 24.2 Å². The predicted octanol–water partition coefficient (Wildman–Crippen LogP) is 3.22. The summed E-state index contributed by atoms with van der Waals surface area (Å²) < 4.78 is 1.76. The van der Waals surface area contributed by atoms with Gasteiger partial charge in [0, 0.05) is 18.3 Å². The zero-order valence-corrected chi connectivity index (χ0v) is 15.2. The zero-order valence-electron chi connectivity index (χ0n) is 15.2. The highest BCUT2D eigenvalue weighted by atomic mass is 16.1. The van der Waals surface area contributed by atoms with Crippen molar-refractivity contribution in [1.82, 2.24) is 20.0 Å². The number of hydrogen-bond acceptors (Lipinski definition) is 3. The Hall–Kier alpha value is -2.92. The van der Waals surface area contributed by atoms with Crippen LogP contribution in [0.15, 0.2) is 66.9 Å². The molecule has 0 unspecified atom stereocenters. The Labute approximate surface area is 154 Å². The SMILES string of the molecule is CN(C)CCCNC(=O)c1cn(-c2ccccc2)nc1-c1ccccc1. The second-order valence-corrected chi connectivity index (χ2v) is 6.45. The van der Waals surface area contributed by atoms with Gasteiger partial charge in [0.1, 0.15) is 5.69 Å². The van der Waals surface area contributed by atoms with Crippen molar-refractivity contribution in [2.75, 3.05) is 27.2 Å². The average molecular weight is 348 g/mol. The summed E-state index contributed by atoms with van der Waals surface area (Å²) in [5.74, 6) is -0.0928. The van der Waals surface area contributed by atoms with Crippen molar-refractivity contribution in [2.45, 2.75) is 6.42 Å². The second kappa shape index (κ2) is 8.45. The average Bonchev–Trinajstić information content (AvgIpc) is 3.12. The van der Waals surface area contributed by atoms with E-state index in [1.165, 1.54) is 0 Å². The van der Waals surface area contributed by atoms with Crippen LogP contribution in [0.4, 0.5) is 0 Å². The molecule has 0 fully saturated rings. The molecule has 0 aliphatic rings. The minimum atomic E-state index is -0.0928. The molecular weight excluding hydrogens is 324 g/mol. The number of amides is 1. The van der Waals surface area contributed by atoms with Crippen LogP contribution < -0.4 is 5.32 Å². The van der Waals surface area contributed by atoms with Gasteiger partial charge >= 0.3 is 0 Å². The Balaban J connectivity index is 1.87. The molecule has 0 saturated heterocycles. The monoisotopic (exact) mass is 348 g/mol. The fourth-order valence-corrected chi connectivity index (χ4v) is 2.75. The Kier molecular flexibility index (Phi) is 5.81. The maximum Gasteiger partial charge on any atom is 0.255 e. The van der Waals surface area contributed by atoms with Gasteiger partial charge in [-0.1, -0.05) is 48.5 Å². The highest BCUT2D eigenvalue weighted by molar-refractivity contribution is 5.99. The molecule has 26 heavy (non-hydrogen) atoms. The van der Waals surface area contributed by atoms with Gasteiger partial charge in [-0.15, -0.1) is 0 Å². The third-order valence-corrected chi connectivity index (χ3v) is 4.09. The van der Waals surface area contributed by atoms with Gasteiger partial charge in [-0.25, -0.2) is 4.68 Å². The van der Waals surface area contributed by atoms with E-state index in [9.17, 15) is 4.79 Å². The predicted molar refractivity (Wildman–Crippen MR) is 105 cm³/mol. The lowest BCUT2D eigenvalue weighted by atomic mass is 10.1. The fraction of sp³-hybridized carbons (Fsp3) is 0.238. The van der Waals surface area contributed by atoms with Crippen LogP contribution in [-0.2, 0) is 0 Å². The summed E-state index contributed by atoms with van der Waals surface area (Å²) in [6.45, 7) is 1.58. The fourth-order valence-electron chi connectivity index (χ4n) is 2.75. The molecule has 134 valence electrons. The number of aromatic nitrogens is 2. The largest absolute Gasteiger partial charge is 0.352 e. The molecule has 1 amide bonds. The highest BCUT2D eigenvalue weighted by Crippen LogP contribution is 2.23. The first kappa shape index (κ1) is 17.9. The maximum atomic E-state index is 12.8. The van der Waals surface area contributed by atoms with Gasteiger partial charge in [0.2, 0.25) is 0 Å². The zero-order chi connectivity index (χ0) is 18.4. The van der Waals surface area contributed by atoms with Crippen molar-refractivity contribution in [3.63, 3.8) is 0 Å². The van der Waals surface area contributed by atoms with Crippen LogP contribution in [0.2, 0.25) is 0 Å². The number of benzene rings is 2. The van der Waals surface area contributed by atoms with Crippen LogP contribution in [0.3, 0.4) is 0 Å². The van der Waals surface area contributed by atoms with Gasteiger partial charge in [-0.05, 0) is 39.2 Å². The van der Waals surface area contributed by atoms with E-state index < -0.39 is 0 Å². The van der Waals surface area contributed by atoms with Crippen molar-refractivity contribution in [1.29, 1.82) is 0 Å². The van der Waals surface area contributed by atoms with Gasteiger partial charge in [0.25, 0.3) is 5.91 Å². The van der Waals surface area contributed by atoms with Crippen molar-refractivity contribution in [3.8, 4) is 16.9 Å². The van der Waals surface area contributed by atoms with Gasteiger partial charge in [-0.2, -0.15) is 5.10 Å². The number of para-hydroxylation sites is 1. The first-order chi connectivity index (χ1) is 12.6. The molecule has 0 aliphatic heterocycles. The minimum Gasteiger partial charge on any atom is -0.352 e. The maximum absolute atomic E-state index is 12.8. The smallest absolute Gasteiger partial charge is 0.255 e. The Morgan fingerprint density at radius 3 is 2.35 bits per heavy atom. The Bertz CT molecular complexity index is 841. The summed E-state index contributed by atoms with van der Waals surface area (Å²) in [5, 5.41) is 7.69. The first-order valence-electron chi connectivity index (χ1n) is 8.78. The lowest BCUT2D eigenvalue weighted by Crippen LogP contribution is -2.27. The third kappa shape index (κ3) is 4.37. The van der Waals surface area contributed by atoms with E-state index in [2.05, 4.69) is 15.3 Å². The van der Waals surface area contributed by atoms with Gasteiger partial charge in [-0.3, -0.25) is 4.79 Å². The number of rotatable bonds is 7. The van der Waals surface area contributed by atoms with E-state index in [4.69, 9.17) is 0 Å². The van der Waals surface area contributed by atoms with Crippen molar-refractivity contribution < 1.29 is 4.79 Å². The van der Waals surface area contributed by atoms with E-state index in [1.54, 1.807) is 10.9 Å². The molecule has 1 heterocycles. The van der Waals surface area contributed by atoms with Crippen LogP contribution in [0.25, 0.3) is 16.9 Å². The molecule has 0 atom stereocenters. The van der Waals surface area contributed by atoms with E-state index in [-0.39, 0.29) is 5.91 Å². The van der Waals surface area contributed by atoms with Crippen molar-refractivity contribution in [3.05, 3.63) is 72.4 Å². The van der Waals surface area contributed by atoms with Crippen LogP contribution in [0, 0.1) is 0 Å². The van der Waals surface area contributed by atoms with Gasteiger partial charge in [0.15, 0.2) is 0 Å². The molecule has 0 saturated carbocycles. The molecule has 1 N–H and O–H groups in total.